The molecule has 0 radical (unpaired) electrons. The van der Waals surface area contributed by atoms with Crippen molar-refractivity contribution >= 4 is 28.3 Å². The highest BCUT2D eigenvalue weighted by Crippen LogP contribution is 2.13. The van der Waals surface area contributed by atoms with E-state index in [0.717, 1.165) is 16.1 Å². The monoisotopic (exact) mass is 304 g/mol. The number of aryl methyl sites for hydroxylation is 3. The molecule has 7 heteroatoms. The quantitative estimate of drug-likeness (QED) is 0.902. The third kappa shape index (κ3) is 4.09. The van der Waals surface area contributed by atoms with Crippen LogP contribution in [-0.2, 0) is 4.79 Å². The Morgan fingerprint density at radius 1 is 1.14 bits per heavy atom. The molecule has 1 aromatic carbocycles. The number of benzene rings is 1. The predicted molar refractivity (Wildman–Crippen MR) is 81.5 cm³/mol. The summed E-state index contributed by atoms with van der Waals surface area (Å²) in [6.45, 7) is 5.62. The number of hydrogen-bond donors (Lipinski definition) is 2. The van der Waals surface area contributed by atoms with E-state index in [4.69, 9.17) is 0 Å². The van der Waals surface area contributed by atoms with Crippen LogP contribution in [0.5, 0.6) is 0 Å². The summed E-state index contributed by atoms with van der Waals surface area (Å²) >= 11 is 1.28. The van der Waals surface area contributed by atoms with Crippen LogP contribution in [0.1, 0.15) is 26.5 Å². The van der Waals surface area contributed by atoms with E-state index in [0.29, 0.717) is 10.7 Å². The molecule has 2 amide bonds. The van der Waals surface area contributed by atoms with Crippen LogP contribution in [0.15, 0.2) is 18.2 Å². The van der Waals surface area contributed by atoms with E-state index in [1.54, 1.807) is 19.1 Å². The van der Waals surface area contributed by atoms with E-state index in [-0.39, 0.29) is 18.4 Å². The number of nitrogens with one attached hydrogen (secondary N) is 2. The van der Waals surface area contributed by atoms with Crippen molar-refractivity contribution in [2.45, 2.75) is 20.8 Å². The number of aromatic nitrogens is 2. The molecule has 1 aromatic heterocycles. The highest BCUT2D eigenvalue weighted by atomic mass is 32.1. The Morgan fingerprint density at radius 2 is 1.90 bits per heavy atom. The molecule has 1 heterocycles. The molecular formula is C14H16N4O2S. The van der Waals surface area contributed by atoms with Crippen molar-refractivity contribution in [1.82, 2.24) is 15.5 Å². The van der Waals surface area contributed by atoms with Crippen molar-refractivity contribution in [3.63, 3.8) is 0 Å². The number of anilines is 1. The highest BCUT2D eigenvalue weighted by molar-refractivity contribution is 7.15. The summed E-state index contributed by atoms with van der Waals surface area (Å²) in [4.78, 5) is 23.6. The first kappa shape index (κ1) is 15.1. The van der Waals surface area contributed by atoms with Crippen LogP contribution in [0.25, 0.3) is 0 Å². The number of amides is 2. The van der Waals surface area contributed by atoms with Crippen molar-refractivity contribution in [3.8, 4) is 0 Å². The number of rotatable bonds is 4. The lowest BCUT2D eigenvalue weighted by atomic mass is 10.1. The topological polar surface area (TPSA) is 84.0 Å². The summed E-state index contributed by atoms with van der Waals surface area (Å²) in [5, 5.41) is 13.9. The molecule has 0 spiro atoms. The van der Waals surface area contributed by atoms with Gasteiger partial charge in [-0.15, -0.1) is 10.2 Å². The normalized spacial score (nSPS) is 10.2. The third-order valence-electron chi connectivity index (χ3n) is 2.95. The van der Waals surface area contributed by atoms with Gasteiger partial charge in [0.25, 0.3) is 5.91 Å². The van der Waals surface area contributed by atoms with Gasteiger partial charge in [-0.25, -0.2) is 0 Å². The Hall–Kier alpha value is -2.28. The van der Waals surface area contributed by atoms with Gasteiger partial charge in [0.1, 0.15) is 5.01 Å². The van der Waals surface area contributed by atoms with Crippen molar-refractivity contribution < 1.29 is 9.59 Å². The molecule has 2 aromatic rings. The van der Waals surface area contributed by atoms with E-state index in [1.165, 1.54) is 11.3 Å². The molecule has 0 fully saturated rings. The zero-order chi connectivity index (χ0) is 15.4. The second kappa shape index (κ2) is 6.45. The van der Waals surface area contributed by atoms with Gasteiger partial charge in [-0.05, 0) is 44.0 Å². The average Bonchev–Trinajstić information content (AvgIpc) is 2.84. The smallest absolute Gasteiger partial charge is 0.251 e. The standard InChI is InChI=1S/C14H16N4O2S/c1-8-4-5-11(6-9(8)2)13(20)15-7-12(19)16-14-18-17-10(3)21-14/h4-6H,7H2,1-3H3,(H,15,20)(H,16,18,19). The van der Waals surface area contributed by atoms with Crippen LogP contribution in [0.3, 0.4) is 0 Å². The number of carbonyl (C=O) groups is 2. The van der Waals surface area contributed by atoms with E-state index >= 15 is 0 Å². The largest absolute Gasteiger partial charge is 0.343 e. The number of hydrogen-bond acceptors (Lipinski definition) is 5. The molecule has 0 aliphatic carbocycles. The Bertz CT molecular complexity index is 681. The fourth-order valence-electron chi connectivity index (χ4n) is 1.66. The molecule has 2 rings (SSSR count). The van der Waals surface area contributed by atoms with Crippen LogP contribution in [0, 0.1) is 20.8 Å². The Balaban J connectivity index is 1.88. The summed E-state index contributed by atoms with van der Waals surface area (Å²) in [5.41, 5.74) is 2.70. The molecule has 0 bridgehead atoms. The zero-order valence-electron chi connectivity index (χ0n) is 12.1. The second-order valence-corrected chi connectivity index (χ2v) is 5.84. The van der Waals surface area contributed by atoms with Crippen LogP contribution < -0.4 is 10.6 Å². The molecule has 0 saturated carbocycles. The maximum Gasteiger partial charge on any atom is 0.251 e. The van der Waals surface area contributed by atoms with Crippen molar-refractivity contribution in [3.05, 3.63) is 39.9 Å². The second-order valence-electron chi connectivity index (χ2n) is 4.66. The van der Waals surface area contributed by atoms with Crippen molar-refractivity contribution in [2.75, 3.05) is 11.9 Å². The first-order valence-corrected chi connectivity index (χ1v) is 7.23. The summed E-state index contributed by atoms with van der Waals surface area (Å²) in [7, 11) is 0. The molecule has 0 unspecified atom stereocenters. The fourth-order valence-corrected chi connectivity index (χ4v) is 2.26. The lowest BCUT2D eigenvalue weighted by Crippen LogP contribution is -2.32. The first-order valence-electron chi connectivity index (χ1n) is 6.41. The van der Waals surface area contributed by atoms with E-state index < -0.39 is 0 Å². The predicted octanol–water partition coefficient (Wildman–Crippen LogP) is 1.83. The van der Waals surface area contributed by atoms with Crippen LogP contribution in [-0.4, -0.2) is 28.6 Å². The van der Waals surface area contributed by atoms with Gasteiger partial charge < -0.3 is 5.32 Å². The summed E-state index contributed by atoms with van der Waals surface area (Å²) < 4.78 is 0. The van der Waals surface area contributed by atoms with Gasteiger partial charge in [-0.1, -0.05) is 17.4 Å². The maximum atomic E-state index is 12.0. The lowest BCUT2D eigenvalue weighted by molar-refractivity contribution is -0.115. The Morgan fingerprint density at radius 3 is 2.52 bits per heavy atom. The average molecular weight is 304 g/mol. The van der Waals surface area contributed by atoms with E-state index in [2.05, 4.69) is 20.8 Å². The van der Waals surface area contributed by atoms with Gasteiger partial charge in [-0.3, -0.25) is 14.9 Å². The summed E-state index contributed by atoms with van der Waals surface area (Å²) in [6.07, 6.45) is 0. The summed E-state index contributed by atoms with van der Waals surface area (Å²) in [5.74, 6) is -0.606. The van der Waals surface area contributed by atoms with Gasteiger partial charge in [0.15, 0.2) is 0 Å². The van der Waals surface area contributed by atoms with E-state index in [9.17, 15) is 9.59 Å². The van der Waals surface area contributed by atoms with Crippen LogP contribution in [0.2, 0.25) is 0 Å². The molecule has 21 heavy (non-hydrogen) atoms. The van der Waals surface area contributed by atoms with E-state index in [1.807, 2.05) is 19.9 Å². The van der Waals surface area contributed by atoms with Crippen molar-refractivity contribution in [2.24, 2.45) is 0 Å². The van der Waals surface area contributed by atoms with Gasteiger partial charge >= 0.3 is 0 Å². The Kier molecular flexibility index (Phi) is 4.64. The number of carbonyl (C=O) groups excluding carboxylic acids is 2. The van der Waals surface area contributed by atoms with Gasteiger partial charge in [0, 0.05) is 5.56 Å². The summed E-state index contributed by atoms with van der Waals surface area (Å²) in [6, 6.07) is 5.43. The first-order chi connectivity index (χ1) is 9.95. The Labute approximate surface area is 126 Å². The molecule has 0 aliphatic rings. The van der Waals surface area contributed by atoms with Crippen molar-refractivity contribution in [1.29, 1.82) is 0 Å². The van der Waals surface area contributed by atoms with Gasteiger partial charge in [0.05, 0.1) is 6.54 Å². The highest BCUT2D eigenvalue weighted by Gasteiger charge is 2.10. The third-order valence-corrected chi connectivity index (χ3v) is 3.71. The molecule has 6 nitrogen and oxygen atoms in total. The molecule has 110 valence electrons. The minimum Gasteiger partial charge on any atom is -0.343 e. The number of nitrogens with zero attached hydrogens (tertiary/aromatic N) is 2. The molecular weight excluding hydrogens is 288 g/mol. The van der Waals surface area contributed by atoms with Gasteiger partial charge in [0.2, 0.25) is 11.0 Å². The van der Waals surface area contributed by atoms with Gasteiger partial charge in [-0.2, -0.15) is 0 Å². The van der Waals surface area contributed by atoms with Crippen LogP contribution in [0.4, 0.5) is 5.13 Å². The minimum atomic E-state index is -0.330. The zero-order valence-corrected chi connectivity index (χ0v) is 12.9. The molecule has 0 aliphatic heterocycles. The molecule has 2 N–H and O–H groups in total. The SMILES string of the molecule is Cc1nnc(NC(=O)CNC(=O)c2ccc(C)c(C)c2)s1. The molecule has 0 saturated heterocycles. The maximum absolute atomic E-state index is 12.0. The lowest BCUT2D eigenvalue weighted by Gasteiger charge is -2.07. The minimum absolute atomic E-state index is 0.107. The van der Waals surface area contributed by atoms with Crippen LogP contribution >= 0.6 is 11.3 Å². The fraction of sp³-hybridized carbons (Fsp3) is 0.286. The molecule has 0 atom stereocenters.